The molecular formula is C13H17NO2. The average molecular weight is 219 g/mol. The lowest BCUT2D eigenvalue weighted by Gasteiger charge is -2.17. The van der Waals surface area contributed by atoms with Gasteiger partial charge in [0.25, 0.3) is 0 Å². The van der Waals surface area contributed by atoms with Crippen LogP contribution in [-0.2, 0) is 4.79 Å². The molecule has 1 aromatic carbocycles. The Morgan fingerprint density at radius 1 is 1.44 bits per heavy atom. The number of hydrogen-bond donors (Lipinski definition) is 1. The Labute approximate surface area is 95.7 Å². The molecule has 0 bridgehead atoms. The summed E-state index contributed by atoms with van der Waals surface area (Å²) in [5, 5.41) is 8.81. The van der Waals surface area contributed by atoms with Crippen LogP contribution in [0.1, 0.15) is 24.8 Å². The molecule has 2 rings (SSSR count). The van der Waals surface area contributed by atoms with Crippen LogP contribution in [0.2, 0.25) is 0 Å². The van der Waals surface area contributed by atoms with Gasteiger partial charge in [-0.15, -0.1) is 0 Å². The Morgan fingerprint density at radius 3 is 2.75 bits per heavy atom. The van der Waals surface area contributed by atoms with E-state index in [2.05, 4.69) is 19.1 Å². The largest absolute Gasteiger partial charge is 0.480 e. The lowest BCUT2D eigenvalue weighted by Crippen LogP contribution is -2.32. The van der Waals surface area contributed by atoms with Crippen molar-refractivity contribution in [2.75, 3.05) is 13.1 Å². The van der Waals surface area contributed by atoms with Crippen LogP contribution < -0.4 is 0 Å². The zero-order chi connectivity index (χ0) is 11.5. The highest BCUT2D eigenvalue weighted by molar-refractivity contribution is 5.69. The van der Waals surface area contributed by atoms with E-state index in [-0.39, 0.29) is 6.54 Å². The fourth-order valence-corrected chi connectivity index (χ4v) is 2.46. The van der Waals surface area contributed by atoms with E-state index in [1.54, 1.807) is 0 Å². The van der Waals surface area contributed by atoms with Gasteiger partial charge in [-0.05, 0) is 24.8 Å². The molecule has 3 nitrogen and oxygen atoms in total. The molecule has 2 unspecified atom stereocenters. The third-order valence-electron chi connectivity index (χ3n) is 3.31. The summed E-state index contributed by atoms with van der Waals surface area (Å²) in [6, 6.07) is 10.7. The smallest absolute Gasteiger partial charge is 0.317 e. The molecule has 1 fully saturated rings. The molecule has 1 aliphatic heterocycles. The van der Waals surface area contributed by atoms with Crippen LogP contribution in [0, 0.1) is 0 Å². The number of carboxylic acid groups (broad SMARTS) is 1. The Morgan fingerprint density at radius 2 is 2.12 bits per heavy atom. The molecule has 0 saturated carbocycles. The molecule has 2 atom stereocenters. The van der Waals surface area contributed by atoms with Crippen molar-refractivity contribution in [2.24, 2.45) is 0 Å². The fourth-order valence-electron chi connectivity index (χ4n) is 2.46. The summed E-state index contributed by atoms with van der Waals surface area (Å²) in [6.45, 7) is 3.12. The minimum atomic E-state index is -0.736. The molecule has 0 spiro atoms. The molecule has 1 N–H and O–H groups in total. The quantitative estimate of drug-likeness (QED) is 0.844. The maximum Gasteiger partial charge on any atom is 0.317 e. The predicted octanol–water partition coefficient (Wildman–Crippen LogP) is 1.95. The average Bonchev–Trinajstić information content (AvgIpc) is 2.61. The molecule has 0 aromatic heterocycles. The van der Waals surface area contributed by atoms with Crippen LogP contribution >= 0.6 is 0 Å². The maximum atomic E-state index is 10.7. The first-order valence-corrected chi connectivity index (χ1v) is 5.67. The minimum Gasteiger partial charge on any atom is -0.480 e. The van der Waals surface area contributed by atoms with E-state index in [0.717, 1.165) is 13.0 Å². The van der Waals surface area contributed by atoms with Gasteiger partial charge in [0.05, 0.1) is 6.54 Å². The fraction of sp³-hybridized carbons (Fsp3) is 0.462. The second-order valence-electron chi connectivity index (χ2n) is 4.52. The summed E-state index contributed by atoms with van der Waals surface area (Å²) in [4.78, 5) is 12.7. The standard InChI is InChI=1S/C13H17NO2/c1-10-7-12(8-14(10)9-13(15)16)11-5-3-2-4-6-11/h2-6,10,12H,7-9H2,1H3,(H,15,16). The highest BCUT2D eigenvalue weighted by atomic mass is 16.4. The number of likely N-dealkylation sites (tertiary alicyclic amines) is 1. The lowest BCUT2D eigenvalue weighted by molar-refractivity contribution is -0.138. The molecule has 86 valence electrons. The number of carbonyl (C=O) groups is 1. The molecular weight excluding hydrogens is 202 g/mol. The Hall–Kier alpha value is -1.35. The topological polar surface area (TPSA) is 40.5 Å². The number of hydrogen-bond acceptors (Lipinski definition) is 2. The highest BCUT2D eigenvalue weighted by Gasteiger charge is 2.30. The molecule has 1 saturated heterocycles. The van der Waals surface area contributed by atoms with Crippen molar-refractivity contribution in [3.8, 4) is 0 Å². The van der Waals surface area contributed by atoms with Crippen molar-refractivity contribution >= 4 is 5.97 Å². The van der Waals surface area contributed by atoms with Crippen molar-refractivity contribution in [1.82, 2.24) is 4.90 Å². The molecule has 1 aliphatic rings. The maximum absolute atomic E-state index is 10.7. The number of rotatable bonds is 3. The normalized spacial score (nSPS) is 25.8. The first kappa shape index (κ1) is 11.1. The third-order valence-corrected chi connectivity index (χ3v) is 3.31. The van der Waals surface area contributed by atoms with Gasteiger partial charge in [0.1, 0.15) is 0 Å². The second kappa shape index (κ2) is 4.66. The van der Waals surface area contributed by atoms with Crippen molar-refractivity contribution in [3.05, 3.63) is 35.9 Å². The third kappa shape index (κ3) is 2.42. The number of nitrogens with zero attached hydrogens (tertiary/aromatic N) is 1. The summed E-state index contributed by atoms with van der Waals surface area (Å²) in [6.07, 6.45) is 1.05. The zero-order valence-electron chi connectivity index (χ0n) is 9.47. The number of carboxylic acids is 1. The van der Waals surface area contributed by atoms with Gasteiger partial charge in [-0.3, -0.25) is 9.69 Å². The summed E-state index contributed by atoms with van der Waals surface area (Å²) in [5.74, 6) is -0.254. The second-order valence-corrected chi connectivity index (χ2v) is 4.52. The van der Waals surface area contributed by atoms with E-state index in [1.807, 2.05) is 23.1 Å². The van der Waals surface area contributed by atoms with Crippen LogP contribution in [0.25, 0.3) is 0 Å². The van der Waals surface area contributed by atoms with Gasteiger partial charge in [0, 0.05) is 12.6 Å². The first-order chi connectivity index (χ1) is 7.66. The van der Waals surface area contributed by atoms with Crippen LogP contribution in [0.4, 0.5) is 0 Å². The highest BCUT2D eigenvalue weighted by Crippen LogP contribution is 2.30. The predicted molar refractivity (Wildman–Crippen MR) is 62.5 cm³/mol. The van der Waals surface area contributed by atoms with E-state index in [0.29, 0.717) is 12.0 Å². The van der Waals surface area contributed by atoms with Crippen LogP contribution in [-0.4, -0.2) is 35.1 Å². The number of aliphatic carboxylic acids is 1. The SMILES string of the molecule is CC1CC(c2ccccc2)CN1CC(=O)O. The summed E-state index contributed by atoms with van der Waals surface area (Å²) in [5.41, 5.74) is 1.32. The Balaban J connectivity index is 2.04. The molecule has 0 aliphatic carbocycles. The van der Waals surface area contributed by atoms with Crippen LogP contribution in [0.15, 0.2) is 30.3 Å². The van der Waals surface area contributed by atoms with Crippen molar-refractivity contribution < 1.29 is 9.90 Å². The molecule has 3 heteroatoms. The van der Waals surface area contributed by atoms with Gasteiger partial charge in [0.15, 0.2) is 0 Å². The summed E-state index contributed by atoms with van der Waals surface area (Å²) < 4.78 is 0. The molecule has 16 heavy (non-hydrogen) atoms. The van der Waals surface area contributed by atoms with Gasteiger partial charge in [-0.2, -0.15) is 0 Å². The van der Waals surface area contributed by atoms with Gasteiger partial charge in [0.2, 0.25) is 0 Å². The van der Waals surface area contributed by atoms with Crippen molar-refractivity contribution in [3.63, 3.8) is 0 Å². The van der Waals surface area contributed by atoms with Gasteiger partial charge in [-0.1, -0.05) is 30.3 Å². The molecule has 1 aromatic rings. The summed E-state index contributed by atoms with van der Waals surface area (Å²) in [7, 11) is 0. The lowest BCUT2D eigenvalue weighted by atomic mass is 9.97. The van der Waals surface area contributed by atoms with Crippen LogP contribution in [0.5, 0.6) is 0 Å². The van der Waals surface area contributed by atoms with Crippen molar-refractivity contribution in [2.45, 2.75) is 25.3 Å². The van der Waals surface area contributed by atoms with E-state index in [1.165, 1.54) is 5.56 Å². The van der Waals surface area contributed by atoms with E-state index < -0.39 is 5.97 Å². The Kier molecular flexibility index (Phi) is 3.25. The molecule has 0 amide bonds. The minimum absolute atomic E-state index is 0.157. The monoisotopic (exact) mass is 219 g/mol. The van der Waals surface area contributed by atoms with Gasteiger partial charge >= 0.3 is 5.97 Å². The Bertz CT molecular complexity index is 363. The zero-order valence-corrected chi connectivity index (χ0v) is 9.47. The van der Waals surface area contributed by atoms with Gasteiger partial charge < -0.3 is 5.11 Å². The van der Waals surface area contributed by atoms with Gasteiger partial charge in [-0.25, -0.2) is 0 Å². The van der Waals surface area contributed by atoms with E-state index in [9.17, 15) is 4.79 Å². The van der Waals surface area contributed by atoms with Crippen LogP contribution in [0.3, 0.4) is 0 Å². The van der Waals surface area contributed by atoms with Crippen molar-refractivity contribution in [1.29, 1.82) is 0 Å². The first-order valence-electron chi connectivity index (χ1n) is 5.67. The molecule has 0 radical (unpaired) electrons. The number of benzene rings is 1. The van der Waals surface area contributed by atoms with E-state index >= 15 is 0 Å². The van der Waals surface area contributed by atoms with E-state index in [4.69, 9.17) is 5.11 Å². The molecule has 1 heterocycles. The summed E-state index contributed by atoms with van der Waals surface area (Å²) >= 11 is 0.